The molecule has 0 unspecified atom stereocenters. The van der Waals surface area contributed by atoms with E-state index in [1.165, 1.54) is 0 Å². The molecule has 0 atom stereocenters. The van der Waals surface area contributed by atoms with Crippen LogP contribution >= 0.6 is 0 Å². The van der Waals surface area contributed by atoms with Crippen LogP contribution < -0.4 is 0 Å². The van der Waals surface area contributed by atoms with Crippen LogP contribution in [0.1, 0.15) is 39.5 Å². The summed E-state index contributed by atoms with van der Waals surface area (Å²) in [6, 6.07) is 2.22. The molecule has 0 rings (SSSR count). The van der Waals surface area contributed by atoms with E-state index in [-0.39, 0.29) is 0 Å². The van der Waals surface area contributed by atoms with Gasteiger partial charge in [-0.15, -0.1) is 0 Å². The lowest BCUT2D eigenvalue weighted by Crippen LogP contribution is -1.91. The second kappa shape index (κ2) is 5.62. The summed E-state index contributed by atoms with van der Waals surface area (Å²) in [6.45, 7) is 4.21. The Bertz CT molecular complexity index is 85.2. The summed E-state index contributed by atoms with van der Waals surface area (Å²) >= 11 is 0. The molecule has 0 aliphatic heterocycles. The first kappa shape index (κ1) is 8.49. The first-order valence-corrected chi connectivity index (χ1v) is 3.59. The van der Waals surface area contributed by atoms with Gasteiger partial charge in [0.2, 0.25) is 0 Å². The first-order valence-electron chi connectivity index (χ1n) is 3.59. The molecule has 0 aromatic carbocycles. The Morgan fingerprint density at radius 3 is 1.89 bits per heavy atom. The molecule has 0 aromatic rings. The van der Waals surface area contributed by atoms with Gasteiger partial charge in [0, 0.05) is 0 Å². The van der Waals surface area contributed by atoms with Gasteiger partial charge in [0.1, 0.15) is 0 Å². The molecule has 0 N–H and O–H groups in total. The van der Waals surface area contributed by atoms with Crippen molar-refractivity contribution in [3.8, 4) is 6.07 Å². The summed E-state index contributed by atoms with van der Waals surface area (Å²) in [6.07, 6.45) is 4.18. The number of rotatable bonds is 4. The molecule has 0 bridgehead atoms. The molecule has 0 saturated carbocycles. The van der Waals surface area contributed by atoms with Crippen LogP contribution in [-0.2, 0) is 0 Å². The highest BCUT2D eigenvalue weighted by molar-refractivity contribution is 5.09. The van der Waals surface area contributed by atoms with Gasteiger partial charge in [-0.3, -0.25) is 0 Å². The smallest absolute Gasteiger partial charge is 0.0759 e. The van der Waals surface area contributed by atoms with Gasteiger partial charge >= 0.3 is 0 Å². The zero-order chi connectivity index (χ0) is 7.11. The topological polar surface area (TPSA) is 23.8 Å². The maximum Gasteiger partial charge on any atom is 0.0759 e. The van der Waals surface area contributed by atoms with Crippen molar-refractivity contribution in [3.63, 3.8) is 0 Å². The zero-order valence-electron chi connectivity index (χ0n) is 6.28. The number of hydrogen-bond donors (Lipinski definition) is 0. The highest BCUT2D eigenvalue weighted by Gasteiger charge is 2.03. The van der Waals surface area contributed by atoms with Crippen LogP contribution in [0.25, 0.3) is 0 Å². The Morgan fingerprint density at radius 2 is 1.67 bits per heavy atom. The van der Waals surface area contributed by atoms with Crippen molar-refractivity contribution in [2.75, 3.05) is 0 Å². The van der Waals surface area contributed by atoms with Crippen molar-refractivity contribution in [3.05, 3.63) is 5.92 Å². The van der Waals surface area contributed by atoms with Crippen molar-refractivity contribution in [2.24, 2.45) is 0 Å². The molecule has 1 nitrogen and oxygen atoms in total. The summed E-state index contributed by atoms with van der Waals surface area (Å²) in [5.41, 5.74) is 0. The predicted octanol–water partition coefficient (Wildman–Crippen LogP) is 2.68. The largest absolute Gasteiger partial charge is 0.198 e. The van der Waals surface area contributed by atoms with Crippen molar-refractivity contribution in [1.29, 1.82) is 5.26 Å². The molecule has 0 aliphatic rings. The highest BCUT2D eigenvalue weighted by Crippen LogP contribution is 2.13. The second-order valence-corrected chi connectivity index (χ2v) is 2.22. The maximum atomic E-state index is 8.50. The summed E-state index contributed by atoms with van der Waals surface area (Å²) in [4.78, 5) is 0. The van der Waals surface area contributed by atoms with Gasteiger partial charge in [0.15, 0.2) is 0 Å². The Hall–Kier alpha value is -0.510. The fourth-order valence-corrected chi connectivity index (χ4v) is 0.840. The van der Waals surface area contributed by atoms with Crippen molar-refractivity contribution < 1.29 is 0 Å². The molecule has 0 aromatic heterocycles. The average molecular weight is 124 g/mol. The Kier molecular flexibility index (Phi) is 5.30. The van der Waals surface area contributed by atoms with Gasteiger partial charge < -0.3 is 0 Å². The lowest BCUT2D eigenvalue weighted by molar-refractivity contribution is 0.739. The van der Waals surface area contributed by atoms with E-state index in [1.54, 1.807) is 0 Å². The van der Waals surface area contributed by atoms with E-state index in [4.69, 9.17) is 5.26 Å². The van der Waals surface area contributed by atoms with E-state index in [0.717, 1.165) is 31.6 Å². The molecule has 1 radical (unpaired) electrons. The van der Waals surface area contributed by atoms with Crippen LogP contribution in [0.5, 0.6) is 0 Å². The lowest BCUT2D eigenvalue weighted by Gasteiger charge is -2.01. The monoisotopic (exact) mass is 124 g/mol. The predicted molar refractivity (Wildman–Crippen MR) is 38.7 cm³/mol. The van der Waals surface area contributed by atoms with Crippen LogP contribution in [0.4, 0.5) is 0 Å². The molecule has 0 spiro atoms. The van der Waals surface area contributed by atoms with E-state index in [9.17, 15) is 0 Å². The van der Waals surface area contributed by atoms with Crippen LogP contribution in [0.2, 0.25) is 0 Å². The van der Waals surface area contributed by atoms with Crippen LogP contribution in [0.3, 0.4) is 0 Å². The van der Waals surface area contributed by atoms with E-state index < -0.39 is 0 Å². The Morgan fingerprint density at radius 1 is 1.22 bits per heavy atom. The molecule has 51 valence electrons. The zero-order valence-corrected chi connectivity index (χ0v) is 6.28. The minimum absolute atomic E-state index is 0.990. The lowest BCUT2D eigenvalue weighted by atomic mass is 10.0. The van der Waals surface area contributed by atoms with Gasteiger partial charge in [-0.2, -0.15) is 5.26 Å². The molecular weight excluding hydrogens is 110 g/mol. The van der Waals surface area contributed by atoms with Crippen molar-refractivity contribution in [1.82, 2.24) is 0 Å². The van der Waals surface area contributed by atoms with E-state index in [0.29, 0.717) is 0 Å². The summed E-state index contributed by atoms with van der Waals surface area (Å²) in [7, 11) is 0. The number of hydrogen-bond acceptors (Lipinski definition) is 1. The minimum Gasteiger partial charge on any atom is -0.198 e. The molecule has 9 heavy (non-hydrogen) atoms. The maximum absolute atomic E-state index is 8.50. The second-order valence-electron chi connectivity index (χ2n) is 2.22. The fourth-order valence-electron chi connectivity index (χ4n) is 0.840. The molecule has 0 saturated heterocycles. The summed E-state index contributed by atoms with van der Waals surface area (Å²) < 4.78 is 0. The molecule has 0 fully saturated rings. The molecular formula is C8H14N. The summed E-state index contributed by atoms with van der Waals surface area (Å²) in [5, 5.41) is 8.50. The SMILES string of the molecule is CCC[C](C#N)CCC. The van der Waals surface area contributed by atoms with E-state index in [2.05, 4.69) is 19.9 Å². The molecule has 1 heteroatoms. The van der Waals surface area contributed by atoms with Crippen LogP contribution in [0, 0.1) is 17.2 Å². The highest BCUT2D eigenvalue weighted by atomic mass is 14.3. The van der Waals surface area contributed by atoms with Crippen molar-refractivity contribution >= 4 is 0 Å². The fraction of sp³-hybridized carbons (Fsp3) is 0.750. The third-order valence-corrected chi connectivity index (χ3v) is 1.26. The first-order chi connectivity index (χ1) is 4.35. The quantitative estimate of drug-likeness (QED) is 0.565. The van der Waals surface area contributed by atoms with Gasteiger partial charge in [0.05, 0.1) is 12.0 Å². The minimum atomic E-state index is 0.990. The standard InChI is InChI=1S/C8H14N/c1-3-5-8(7-9)6-4-2/h3-6H2,1-2H3. The number of nitriles is 1. The van der Waals surface area contributed by atoms with Crippen LogP contribution in [0.15, 0.2) is 0 Å². The van der Waals surface area contributed by atoms with Crippen molar-refractivity contribution in [2.45, 2.75) is 39.5 Å². The van der Waals surface area contributed by atoms with Gasteiger partial charge in [0.25, 0.3) is 0 Å². The van der Waals surface area contributed by atoms with Crippen LogP contribution in [-0.4, -0.2) is 0 Å². The Labute approximate surface area is 57.7 Å². The van der Waals surface area contributed by atoms with E-state index >= 15 is 0 Å². The van der Waals surface area contributed by atoms with Gasteiger partial charge in [-0.1, -0.05) is 26.7 Å². The van der Waals surface area contributed by atoms with Gasteiger partial charge in [-0.05, 0) is 12.8 Å². The summed E-state index contributed by atoms with van der Waals surface area (Å²) in [5.74, 6) is 1.06. The third-order valence-electron chi connectivity index (χ3n) is 1.26. The average Bonchev–Trinajstić information content (AvgIpc) is 1.88. The Balaban J connectivity index is 3.32. The van der Waals surface area contributed by atoms with Gasteiger partial charge in [-0.25, -0.2) is 0 Å². The normalized spacial score (nSPS) is 9.56. The molecule has 0 amide bonds. The third kappa shape index (κ3) is 4.02. The van der Waals surface area contributed by atoms with E-state index in [1.807, 2.05) is 0 Å². The molecule has 0 aliphatic carbocycles. The number of nitrogens with zero attached hydrogens (tertiary/aromatic N) is 1. The molecule has 0 heterocycles.